The number of amides is 1. The highest BCUT2D eigenvalue weighted by atomic mass is 19.1. The third kappa shape index (κ3) is 2.83. The van der Waals surface area contributed by atoms with Gasteiger partial charge in [0.15, 0.2) is 0 Å². The van der Waals surface area contributed by atoms with Gasteiger partial charge in [0.1, 0.15) is 17.6 Å². The molecule has 0 saturated carbocycles. The summed E-state index contributed by atoms with van der Waals surface area (Å²) in [6.45, 7) is 1.62. The second-order valence-corrected chi connectivity index (χ2v) is 3.11. The highest BCUT2D eigenvalue weighted by molar-refractivity contribution is 5.83. The molecule has 0 heterocycles. The summed E-state index contributed by atoms with van der Waals surface area (Å²) in [4.78, 5) is 10.8. The Morgan fingerprint density at radius 1 is 1.60 bits per heavy atom. The maximum atomic E-state index is 12.8. The Morgan fingerprint density at radius 2 is 2.27 bits per heavy atom. The molecular formula is C10H13FN2O2. The van der Waals surface area contributed by atoms with Crippen LogP contribution in [0.2, 0.25) is 0 Å². The van der Waals surface area contributed by atoms with Gasteiger partial charge >= 0.3 is 0 Å². The van der Waals surface area contributed by atoms with Crippen LogP contribution in [0, 0.1) is 5.82 Å². The molecule has 0 aliphatic carbocycles. The second-order valence-electron chi connectivity index (χ2n) is 3.11. The van der Waals surface area contributed by atoms with E-state index < -0.39 is 17.8 Å². The number of methoxy groups -OCH3 is 1. The summed E-state index contributed by atoms with van der Waals surface area (Å²) in [5.74, 6) is -0.548. The minimum absolute atomic E-state index is 0.336. The smallest absolute Gasteiger partial charge is 0.239 e. The molecule has 1 rings (SSSR count). The first-order valence-corrected chi connectivity index (χ1v) is 4.44. The van der Waals surface area contributed by atoms with Crippen molar-refractivity contribution in [2.75, 3.05) is 12.4 Å². The molecule has 0 radical (unpaired) electrons. The van der Waals surface area contributed by atoms with Crippen LogP contribution in [0.25, 0.3) is 0 Å². The van der Waals surface area contributed by atoms with E-state index in [2.05, 4.69) is 5.32 Å². The summed E-state index contributed by atoms with van der Waals surface area (Å²) in [5, 5.41) is 2.82. The van der Waals surface area contributed by atoms with Crippen molar-refractivity contribution in [3.8, 4) is 5.75 Å². The Bertz CT molecular complexity index is 368. The molecule has 0 fully saturated rings. The fourth-order valence-electron chi connectivity index (χ4n) is 1.09. The van der Waals surface area contributed by atoms with E-state index in [4.69, 9.17) is 10.5 Å². The molecule has 0 spiro atoms. The van der Waals surface area contributed by atoms with Crippen LogP contribution in [0.15, 0.2) is 18.2 Å². The zero-order valence-electron chi connectivity index (χ0n) is 8.58. The van der Waals surface area contributed by atoms with Gasteiger partial charge in [-0.1, -0.05) is 0 Å². The number of nitrogens with two attached hydrogens (primary N) is 1. The number of hydrogen-bond acceptors (Lipinski definition) is 3. The van der Waals surface area contributed by atoms with E-state index >= 15 is 0 Å². The first-order chi connectivity index (χ1) is 7.04. The first-order valence-electron chi connectivity index (χ1n) is 4.44. The molecule has 0 aliphatic heterocycles. The minimum Gasteiger partial charge on any atom is -0.494 e. The van der Waals surface area contributed by atoms with E-state index in [0.717, 1.165) is 0 Å². The number of rotatable bonds is 4. The van der Waals surface area contributed by atoms with Gasteiger partial charge in [0.2, 0.25) is 5.91 Å². The van der Waals surface area contributed by atoms with Crippen LogP contribution in [0.1, 0.15) is 6.92 Å². The number of anilines is 1. The van der Waals surface area contributed by atoms with Crippen molar-refractivity contribution in [1.82, 2.24) is 0 Å². The molecule has 0 aliphatic rings. The van der Waals surface area contributed by atoms with Crippen molar-refractivity contribution in [3.63, 3.8) is 0 Å². The molecule has 3 N–H and O–H groups in total. The van der Waals surface area contributed by atoms with E-state index in [0.29, 0.717) is 11.4 Å². The van der Waals surface area contributed by atoms with Gasteiger partial charge in [-0.2, -0.15) is 0 Å². The van der Waals surface area contributed by atoms with Gasteiger partial charge in [0.25, 0.3) is 0 Å². The molecule has 5 heteroatoms. The summed E-state index contributed by atoms with van der Waals surface area (Å²) in [5.41, 5.74) is 5.62. The average molecular weight is 212 g/mol. The molecule has 1 amide bonds. The lowest BCUT2D eigenvalue weighted by Crippen LogP contribution is -2.32. The number of hydrogen-bond donors (Lipinski definition) is 2. The van der Waals surface area contributed by atoms with Crippen molar-refractivity contribution < 1.29 is 13.9 Å². The number of carbonyl (C=O) groups excluding carboxylic acids is 1. The maximum absolute atomic E-state index is 12.8. The lowest BCUT2D eigenvalue weighted by molar-refractivity contribution is -0.118. The number of ether oxygens (including phenoxy) is 1. The Hall–Kier alpha value is -1.78. The molecule has 0 bridgehead atoms. The Balaban J connectivity index is 2.89. The highest BCUT2D eigenvalue weighted by Gasteiger charge is 2.11. The van der Waals surface area contributed by atoms with Crippen molar-refractivity contribution in [1.29, 1.82) is 0 Å². The Morgan fingerprint density at radius 3 is 2.80 bits per heavy atom. The summed E-state index contributed by atoms with van der Waals surface area (Å²) in [7, 11) is 1.43. The molecule has 4 nitrogen and oxygen atoms in total. The van der Waals surface area contributed by atoms with Crippen LogP contribution < -0.4 is 15.8 Å². The normalized spacial score (nSPS) is 11.9. The van der Waals surface area contributed by atoms with Gasteiger partial charge in [-0.15, -0.1) is 0 Å². The Labute approximate surface area is 87.2 Å². The van der Waals surface area contributed by atoms with E-state index in [1.54, 1.807) is 6.92 Å². The fourth-order valence-corrected chi connectivity index (χ4v) is 1.09. The van der Waals surface area contributed by atoms with E-state index in [-0.39, 0.29) is 0 Å². The summed E-state index contributed by atoms with van der Waals surface area (Å²) < 4.78 is 17.8. The van der Waals surface area contributed by atoms with Crippen molar-refractivity contribution in [3.05, 3.63) is 24.0 Å². The van der Waals surface area contributed by atoms with Crippen molar-refractivity contribution >= 4 is 11.6 Å². The molecule has 1 unspecified atom stereocenters. The molecule has 1 aromatic rings. The van der Waals surface area contributed by atoms with E-state index in [9.17, 15) is 9.18 Å². The van der Waals surface area contributed by atoms with Gasteiger partial charge in [-0.3, -0.25) is 4.79 Å². The Kier molecular flexibility index (Phi) is 3.49. The summed E-state index contributed by atoms with van der Waals surface area (Å²) in [6.07, 6.45) is 0. The van der Waals surface area contributed by atoms with Crippen molar-refractivity contribution in [2.24, 2.45) is 5.73 Å². The molecule has 0 saturated heterocycles. The largest absolute Gasteiger partial charge is 0.494 e. The van der Waals surface area contributed by atoms with E-state index in [1.807, 2.05) is 0 Å². The number of carbonyl (C=O) groups is 1. The highest BCUT2D eigenvalue weighted by Crippen LogP contribution is 2.25. The van der Waals surface area contributed by atoms with E-state index in [1.165, 1.54) is 25.3 Å². The van der Waals surface area contributed by atoms with Gasteiger partial charge in [-0.25, -0.2) is 4.39 Å². The standard InChI is InChI=1S/C10H13FN2O2/c1-6(10(12)14)13-8-4-3-7(11)5-9(8)15-2/h3-6,13H,1-2H3,(H2,12,14). The number of nitrogens with one attached hydrogen (secondary N) is 1. The van der Waals surface area contributed by atoms with Crippen LogP contribution in [0.3, 0.4) is 0 Å². The zero-order valence-corrected chi connectivity index (χ0v) is 8.58. The van der Waals surface area contributed by atoms with Gasteiger partial charge in [0.05, 0.1) is 12.8 Å². The molecule has 1 aromatic carbocycles. The topological polar surface area (TPSA) is 64.3 Å². The van der Waals surface area contributed by atoms with Gasteiger partial charge < -0.3 is 15.8 Å². The monoisotopic (exact) mass is 212 g/mol. The second kappa shape index (κ2) is 4.63. The molecule has 0 aromatic heterocycles. The number of halogens is 1. The molecular weight excluding hydrogens is 199 g/mol. The summed E-state index contributed by atoms with van der Waals surface area (Å²) in [6, 6.07) is 3.46. The number of benzene rings is 1. The van der Waals surface area contributed by atoms with Gasteiger partial charge in [-0.05, 0) is 19.1 Å². The lowest BCUT2D eigenvalue weighted by atomic mass is 10.2. The molecule has 82 valence electrons. The SMILES string of the molecule is COc1cc(F)ccc1NC(C)C(N)=O. The molecule has 1 atom stereocenters. The van der Waals surface area contributed by atoms with Crippen molar-refractivity contribution in [2.45, 2.75) is 13.0 Å². The quantitative estimate of drug-likeness (QED) is 0.786. The maximum Gasteiger partial charge on any atom is 0.239 e. The van der Waals surface area contributed by atoms with Crippen LogP contribution in [-0.2, 0) is 4.79 Å². The van der Waals surface area contributed by atoms with Crippen LogP contribution in [-0.4, -0.2) is 19.1 Å². The number of primary amides is 1. The van der Waals surface area contributed by atoms with Crippen LogP contribution in [0.4, 0.5) is 10.1 Å². The van der Waals surface area contributed by atoms with Crippen LogP contribution in [0.5, 0.6) is 5.75 Å². The van der Waals surface area contributed by atoms with Gasteiger partial charge in [0, 0.05) is 6.07 Å². The zero-order chi connectivity index (χ0) is 11.4. The third-order valence-electron chi connectivity index (χ3n) is 1.96. The molecule has 15 heavy (non-hydrogen) atoms. The average Bonchev–Trinajstić information content (AvgIpc) is 2.20. The predicted octanol–water partition coefficient (Wildman–Crippen LogP) is 1.12. The fraction of sp³-hybridized carbons (Fsp3) is 0.300. The minimum atomic E-state index is -0.538. The lowest BCUT2D eigenvalue weighted by Gasteiger charge is -2.14. The predicted molar refractivity (Wildman–Crippen MR) is 55.2 cm³/mol. The third-order valence-corrected chi connectivity index (χ3v) is 1.96. The first kappa shape index (κ1) is 11.3. The summed E-state index contributed by atoms with van der Waals surface area (Å²) >= 11 is 0. The van der Waals surface area contributed by atoms with Crippen LogP contribution >= 0.6 is 0 Å².